The van der Waals surface area contributed by atoms with Gasteiger partial charge in [-0.3, -0.25) is 4.90 Å². The van der Waals surface area contributed by atoms with Crippen LogP contribution in [0, 0.1) is 18.3 Å². The predicted octanol–water partition coefficient (Wildman–Crippen LogP) is 1.99. The van der Waals surface area contributed by atoms with E-state index in [2.05, 4.69) is 0 Å². The van der Waals surface area contributed by atoms with Crippen molar-refractivity contribution >= 4 is 23.3 Å². The third kappa shape index (κ3) is 1.97. The molecule has 1 aliphatic carbocycles. The summed E-state index contributed by atoms with van der Waals surface area (Å²) in [5, 5.41) is 30.5. The Bertz CT molecular complexity index is 717. The number of aliphatic hydroxyl groups is 2. The molecule has 2 N–H and O–H groups in total. The van der Waals surface area contributed by atoms with Crippen molar-refractivity contribution in [1.82, 2.24) is 4.90 Å². The number of nitrogens with zero attached hydrogens (tertiary/aromatic N) is 3. The van der Waals surface area contributed by atoms with Crippen molar-refractivity contribution in [2.45, 2.75) is 44.1 Å². The lowest BCUT2D eigenvalue weighted by molar-refractivity contribution is -0.0310. The highest BCUT2D eigenvalue weighted by molar-refractivity contribution is 6.33. The topological polar surface area (TPSA) is 87.8 Å². The lowest BCUT2D eigenvalue weighted by Crippen LogP contribution is -2.56. The first kappa shape index (κ1) is 16.1. The number of likely N-dealkylation sites (N-methyl/N-ethyl adjacent to an activating group) is 1. The van der Waals surface area contributed by atoms with Crippen molar-refractivity contribution in [3.8, 4) is 6.07 Å². The van der Waals surface area contributed by atoms with Gasteiger partial charge in [-0.15, -0.1) is 0 Å². The van der Waals surface area contributed by atoms with Crippen molar-refractivity contribution in [2.24, 2.45) is 0 Å². The number of hydrogen-bond donors (Lipinski definition) is 2. The molecule has 2 amide bonds. The lowest BCUT2D eigenvalue weighted by Gasteiger charge is -2.36. The minimum Gasteiger partial charge on any atom is -0.390 e. The number of hydrogen-bond acceptors (Lipinski definition) is 4. The van der Waals surface area contributed by atoms with E-state index in [1.165, 1.54) is 15.9 Å². The molecule has 23 heavy (non-hydrogen) atoms. The molecule has 1 spiro atoms. The van der Waals surface area contributed by atoms with Gasteiger partial charge in [0.2, 0.25) is 0 Å². The molecule has 0 aromatic heterocycles. The second-order valence-electron chi connectivity index (χ2n) is 6.17. The maximum absolute atomic E-state index is 12.7. The van der Waals surface area contributed by atoms with Gasteiger partial charge in [0.05, 0.1) is 22.4 Å². The van der Waals surface area contributed by atoms with Crippen LogP contribution < -0.4 is 4.90 Å². The Morgan fingerprint density at radius 1 is 1.43 bits per heavy atom. The Morgan fingerprint density at radius 2 is 2.13 bits per heavy atom. The molecule has 7 heteroatoms. The van der Waals surface area contributed by atoms with E-state index in [9.17, 15) is 15.0 Å². The van der Waals surface area contributed by atoms with Crippen LogP contribution in [0.15, 0.2) is 12.1 Å². The molecule has 2 aliphatic rings. The summed E-state index contributed by atoms with van der Waals surface area (Å²) in [6.45, 7) is 1.70. The average Bonchev–Trinajstić information content (AvgIpc) is 3.00. The Morgan fingerprint density at radius 3 is 2.70 bits per heavy atom. The van der Waals surface area contributed by atoms with Gasteiger partial charge in [0, 0.05) is 7.05 Å². The molecule has 1 aliphatic heterocycles. The van der Waals surface area contributed by atoms with Crippen LogP contribution in [0.5, 0.6) is 0 Å². The van der Waals surface area contributed by atoms with Crippen LogP contribution in [0.3, 0.4) is 0 Å². The van der Waals surface area contributed by atoms with Crippen molar-refractivity contribution in [3.63, 3.8) is 0 Å². The third-order valence-corrected chi connectivity index (χ3v) is 5.67. The van der Waals surface area contributed by atoms with E-state index in [-0.39, 0.29) is 11.1 Å². The van der Waals surface area contributed by atoms with Crippen molar-refractivity contribution in [1.29, 1.82) is 5.26 Å². The monoisotopic (exact) mass is 335 g/mol. The summed E-state index contributed by atoms with van der Waals surface area (Å²) in [5.74, 6) is 0. The van der Waals surface area contributed by atoms with Crippen LogP contribution in [0.4, 0.5) is 10.5 Å². The smallest absolute Gasteiger partial charge is 0.327 e. The maximum Gasteiger partial charge on any atom is 0.327 e. The number of amides is 2. The van der Waals surface area contributed by atoms with Crippen molar-refractivity contribution in [2.75, 3.05) is 11.9 Å². The van der Waals surface area contributed by atoms with E-state index in [0.29, 0.717) is 29.7 Å². The summed E-state index contributed by atoms with van der Waals surface area (Å²) in [4.78, 5) is 15.4. The maximum atomic E-state index is 12.7. The van der Waals surface area contributed by atoms with Crippen molar-refractivity contribution in [3.05, 3.63) is 28.3 Å². The molecular weight excluding hydrogens is 318 g/mol. The van der Waals surface area contributed by atoms with Crippen LogP contribution >= 0.6 is 11.6 Å². The molecule has 1 aromatic carbocycles. The van der Waals surface area contributed by atoms with E-state index in [1.54, 1.807) is 20.0 Å². The van der Waals surface area contributed by atoms with Crippen molar-refractivity contribution < 1.29 is 15.0 Å². The zero-order chi connectivity index (χ0) is 16.9. The Kier molecular flexibility index (Phi) is 3.75. The minimum absolute atomic E-state index is 0.264. The number of carbonyl (C=O) groups excluding carboxylic acids is 1. The highest BCUT2D eigenvalue weighted by Gasteiger charge is 2.61. The van der Waals surface area contributed by atoms with E-state index >= 15 is 0 Å². The average molecular weight is 336 g/mol. The van der Waals surface area contributed by atoms with Gasteiger partial charge in [-0.05, 0) is 43.9 Å². The zero-order valence-corrected chi connectivity index (χ0v) is 13.7. The molecule has 1 saturated carbocycles. The largest absolute Gasteiger partial charge is 0.390 e. The number of nitriles is 1. The summed E-state index contributed by atoms with van der Waals surface area (Å²) < 4.78 is 0. The molecule has 3 unspecified atom stereocenters. The molecule has 3 rings (SSSR count). The molecule has 1 saturated heterocycles. The predicted molar refractivity (Wildman–Crippen MR) is 85.1 cm³/mol. The van der Waals surface area contributed by atoms with Gasteiger partial charge in [-0.1, -0.05) is 11.6 Å². The molecule has 2 fully saturated rings. The Hall–Kier alpha value is -1.81. The number of aliphatic hydroxyl groups excluding tert-OH is 2. The Labute approximate surface area is 139 Å². The van der Waals surface area contributed by atoms with Crippen LogP contribution in [0.25, 0.3) is 0 Å². The summed E-state index contributed by atoms with van der Waals surface area (Å²) in [6.07, 6.45) is -0.102. The third-order valence-electron chi connectivity index (χ3n) is 5.18. The number of anilines is 1. The first-order chi connectivity index (χ1) is 10.9. The van der Waals surface area contributed by atoms with Gasteiger partial charge in [0.15, 0.2) is 6.23 Å². The fraction of sp³-hybridized carbons (Fsp3) is 0.500. The quantitative estimate of drug-likeness (QED) is 0.821. The molecule has 6 nitrogen and oxygen atoms in total. The lowest BCUT2D eigenvalue weighted by atomic mass is 9.92. The highest BCUT2D eigenvalue weighted by atomic mass is 35.5. The summed E-state index contributed by atoms with van der Waals surface area (Å²) >= 11 is 6.18. The minimum atomic E-state index is -1.17. The van der Waals surface area contributed by atoms with E-state index in [1.807, 2.05) is 6.07 Å². The molecule has 0 bridgehead atoms. The highest BCUT2D eigenvalue weighted by Crippen LogP contribution is 2.46. The fourth-order valence-electron chi connectivity index (χ4n) is 3.79. The van der Waals surface area contributed by atoms with Gasteiger partial charge >= 0.3 is 6.03 Å². The molecule has 1 heterocycles. The molecule has 0 radical (unpaired) electrons. The molecule has 122 valence electrons. The second kappa shape index (κ2) is 5.38. The van der Waals surface area contributed by atoms with Crippen LogP contribution in [-0.4, -0.2) is 46.1 Å². The van der Waals surface area contributed by atoms with Gasteiger partial charge < -0.3 is 15.1 Å². The first-order valence-corrected chi connectivity index (χ1v) is 7.86. The number of carbonyl (C=O) groups is 1. The van der Waals surface area contributed by atoms with E-state index in [0.717, 1.165) is 6.42 Å². The first-order valence-electron chi connectivity index (χ1n) is 7.48. The zero-order valence-electron chi connectivity index (χ0n) is 13.0. The molecule has 1 aromatic rings. The van der Waals surface area contributed by atoms with Gasteiger partial charge in [-0.25, -0.2) is 4.79 Å². The normalized spacial score (nSPS) is 30.3. The summed E-state index contributed by atoms with van der Waals surface area (Å²) in [5.41, 5.74) is 0.326. The van der Waals surface area contributed by atoms with Gasteiger partial charge in [0.25, 0.3) is 0 Å². The van der Waals surface area contributed by atoms with Gasteiger partial charge in [0.1, 0.15) is 11.6 Å². The Balaban J connectivity index is 2.10. The number of benzene rings is 1. The number of halogens is 1. The van der Waals surface area contributed by atoms with Crippen LogP contribution in [-0.2, 0) is 0 Å². The molecule has 3 atom stereocenters. The van der Waals surface area contributed by atoms with E-state index < -0.39 is 17.9 Å². The number of rotatable bonds is 1. The van der Waals surface area contributed by atoms with E-state index in [4.69, 9.17) is 16.9 Å². The SMILES string of the molecule is Cc1c(N2C(=O)N(C)C3(CCCC3O)C2O)ccc(C#N)c1Cl. The summed E-state index contributed by atoms with van der Waals surface area (Å²) in [7, 11) is 1.60. The second-order valence-corrected chi connectivity index (χ2v) is 6.55. The van der Waals surface area contributed by atoms with Gasteiger partial charge in [-0.2, -0.15) is 5.26 Å². The molecular formula is C16H18ClN3O3. The summed E-state index contributed by atoms with van der Waals surface area (Å²) in [6, 6.07) is 4.74. The van der Waals surface area contributed by atoms with Crippen LogP contribution in [0.1, 0.15) is 30.4 Å². The number of urea groups is 1. The standard InChI is InChI=1S/C16H18ClN3O3/c1-9-11(6-5-10(8-18)13(9)17)20-14(22)16(19(2)15(20)23)7-3-4-12(16)21/h5-6,12,14,21-22H,3-4,7H2,1-2H3. The fourth-order valence-corrected chi connectivity index (χ4v) is 3.99. The van der Waals surface area contributed by atoms with Crippen LogP contribution in [0.2, 0.25) is 5.02 Å².